The first-order chi connectivity index (χ1) is 12.5. The highest BCUT2D eigenvalue weighted by Gasteiger charge is 2.30. The quantitative estimate of drug-likeness (QED) is 0.476. The molecule has 1 N–H and O–H groups in total. The summed E-state index contributed by atoms with van der Waals surface area (Å²) in [5.41, 5.74) is 5.01. The van der Waals surface area contributed by atoms with Crippen molar-refractivity contribution in [1.82, 2.24) is 14.5 Å². The van der Waals surface area contributed by atoms with Gasteiger partial charge in [0.15, 0.2) is 0 Å². The molecule has 2 aromatic rings. The molecule has 6 heteroatoms. The zero-order chi connectivity index (χ0) is 18.7. The SMILES string of the molecule is CCCc1cc(N(CC)CC)nc(Nc2ccc3c(c2)[N+](C)(C)CC3)n1.[I-]. The normalized spacial score (nSPS) is 14.4. The van der Waals surface area contributed by atoms with Crippen LogP contribution in [0.25, 0.3) is 0 Å². The van der Waals surface area contributed by atoms with E-state index in [0.29, 0.717) is 5.95 Å². The molecule has 0 atom stereocenters. The first kappa shape index (κ1) is 21.9. The number of nitrogens with zero attached hydrogens (tertiary/aromatic N) is 4. The van der Waals surface area contributed by atoms with Crippen molar-refractivity contribution in [2.45, 2.75) is 40.0 Å². The largest absolute Gasteiger partial charge is 1.00 e. The summed E-state index contributed by atoms with van der Waals surface area (Å²) in [4.78, 5) is 11.8. The van der Waals surface area contributed by atoms with Gasteiger partial charge in [-0.05, 0) is 26.3 Å². The van der Waals surface area contributed by atoms with Crippen LogP contribution in [0.4, 0.5) is 23.1 Å². The summed E-state index contributed by atoms with van der Waals surface area (Å²) in [5.74, 6) is 1.70. The van der Waals surface area contributed by atoms with Gasteiger partial charge in [-0.15, -0.1) is 0 Å². The maximum Gasteiger partial charge on any atom is 0.229 e. The lowest BCUT2D eigenvalue weighted by Gasteiger charge is -2.24. The number of likely N-dealkylation sites (N-methyl/N-ethyl adjacent to an activating group) is 1. The fourth-order valence-corrected chi connectivity index (χ4v) is 3.70. The molecule has 27 heavy (non-hydrogen) atoms. The van der Waals surface area contributed by atoms with Crippen LogP contribution >= 0.6 is 0 Å². The number of benzene rings is 1. The maximum atomic E-state index is 4.78. The van der Waals surface area contributed by atoms with Gasteiger partial charge in [0.1, 0.15) is 11.5 Å². The standard InChI is InChI=1S/C21H32N5.HI/c1-6-9-17-15-20(25(7-2)8-3)24-21(22-17)23-18-11-10-16-12-13-26(4,5)19(16)14-18;/h10-11,14-15H,6-9,12-13H2,1-5H3,(H,22,23,24);1H/q+1;/p-1. The van der Waals surface area contributed by atoms with Crippen LogP contribution in [0.15, 0.2) is 24.3 Å². The molecule has 1 aromatic heterocycles. The Balaban J connectivity index is 0.00000261. The highest BCUT2D eigenvalue weighted by molar-refractivity contribution is 5.66. The molecule has 2 heterocycles. The summed E-state index contributed by atoms with van der Waals surface area (Å²) < 4.78 is 0.937. The minimum Gasteiger partial charge on any atom is -1.00 e. The zero-order valence-electron chi connectivity index (χ0n) is 17.2. The molecule has 5 nitrogen and oxygen atoms in total. The van der Waals surface area contributed by atoms with Gasteiger partial charge in [-0.1, -0.05) is 19.4 Å². The molecular weight excluding hydrogens is 449 g/mol. The third kappa shape index (κ3) is 4.90. The number of anilines is 3. The molecule has 148 valence electrons. The highest BCUT2D eigenvalue weighted by Crippen LogP contribution is 2.34. The van der Waals surface area contributed by atoms with Crippen molar-refractivity contribution in [3.63, 3.8) is 0 Å². The Morgan fingerprint density at radius 2 is 1.81 bits per heavy atom. The monoisotopic (exact) mass is 481 g/mol. The molecule has 0 radical (unpaired) electrons. The van der Waals surface area contributed by atoms with Crippen LogP contribution in [-0.4, -0.2) is 43.7 Å². The topological polar surface area (TPSA) is 41.1 Å². The molecule has 0 unspecified atom stereocenters. The van der Waals surface area contributed by atoms with E-state index in [1.54, 1.807) is 0 Å². The Labute approximate surface area is 180 Å². The maximum absolute atomic E-state index is 4.78. The summed E-state index contributed by atoms with van der Waals surface area (Å²) in [7, 11) is 4.54. The van der Waals surface area contributed by atoms with Crippen molar-refractivity contribution in [1.29, 1.82) is 0 Å². The number of aryl methyl sites for hydroxylation is 1. The molecule has 1 aliphatic heterocycles. The van der Waals surface area contributed by atoms with Crippen LogP contribution in [-0.2, 0) is 12.8 Å². The fraction of sp³-hybridized carbons (Fsp3) is 0.524. The van der Waals surface area contributed by atoms with E-state index >= 15 is 0 Å². The van der Waals surface area contributed by atoms with Crippen LogP contribution < -0.4 is 38.7 Å². The van der Waals surface area contributed by atoms with Crippen LogP contribution in [0.1, 0.15) is 38.4 Å². The Bertz CT molecular complexity index is 771. The van der Waals surface area contributed by atoms with Gasteiger partial charge in [0, 0.05) is 48.6 Å². The van der Waals surface area contributed by atoms with E-state index in [0.717, 1.165) is 60.6 Å². The smallest absolute Gasteiger partial charge is 0.229 e. The molecule has 0 bridgehead atoms. The summed E-state index contributed by atoms with van der Waals surface area (Å²) >= 11 is 0. The Morgan fingerprint density at radius 1 is 1.07 bits per heavy atom. The highest BCUT2D eigenvalue weighted by atomic mass is 127. The molecule has 0 spiro atoms. The lowest BCUT2D eigenvalue weighted by Crippen LogP contribution is -3.00. The van der Waals surface area contributed by atoms with Crippen LogP contribution in [0.5, 0.6) is 0 Å². The number of rotatable bonds is 7. The predicted octanol–water partition coefficient (Wildman–Crippen LogP) is 1.15. The minimum absolute atomic E-state index is 0. The summed E-state index contributed by atoms with van der Waals surface area (Å²) in [6.07, 6.45) is 3.20. The summed E-state index contributed by atoms with van der Waals surface area (Å²) in [6.45, 7) is 9.57. The average molecular weight is 481 g/mol. The number of quaternary nitrogens is 1. The van der Waals surface area contributed by atoms with Crippen LogP contribution in [0, 0.1) is 0 Å². The third-order valence-corrected chi connectivity index (χ3v) is 5.29. The van der Waals surface area contributed by atoms with Crippen molar-refractivity contribution in [3.8, 4) is 0 Å². The van der Waals surface area contributed by atoms with Crippen molar-refractivity contribution in [2.24, 2.45) is 0 Å². The Kier molecular flexibility index (Phi) is 7.45. The Hall–Kier alpha value is -1.41. The molecule has 0 saturated heterocycles. The van der Waals surface area contributed by atoms with Gasteiger partial charge in [0.05, 0.1) is 20.6 Å². The average Bonchev–Trinajstić information content (AvgIpc) is 2.91. The number of halogens is 1. The van der Waals surface area contributed by atoms with Crippen molar-refractivity contribution in [2.75, 3.05) is 43.9 Å². The van der Waals surface area contributed by atoms with Crippen LogP contribution in [0.2, 0.25) is 0 Å². The number of hydrogen-bond acceptors (Lipinski definition) is 4. The first-order valence-corrected chi connectivity index (χ1v) is 9.83. The number of aromatic nitrogens is 2. The van der Waals surface area contributed by atoms with E-state index in [1.165, 1.54) is 11.3 Å². The molecular formula is C21H32IN5. The van der Waals surface area contributed by atoms with E-state index in [1.807, 2.05) is 0 Å². The molecule has 0 fully saturated rings. The third-order valence-electron chi connectivity index (χ3n) is 5.29. The fourth-order valence-electron chi connectivity index (χ4n) is 3.70. The van der Waals surface area contributed by atoms with Gasteiger partial charge < -0.3 is 34.2 Å². The van der Waals surface area contributed by atoms with Gasteiger partial charge in [-0.2, -0.15) is 4.98 Å². The minimum atomic E-state index is 0. The van der Waals surface area contributed by atoms with E-state index in [2.05, 4.69) is 69.3 Å². The van der Waals surface area contributed by atoms with Gasteiger partial charge in [-0.25, -0.2) is 4.98 Å². The number of hydrogen-bond donors (Lipinski definition) is 1. The second kappa shape index (κ2) is 9.19. The molecule has 0 amide bonds. The molecule has 1 aromatic carbocycles. The molecule has 1 aliphatic rings. The molecule has 3 rings (SSSR count). The zero-order valence-corrected chi connectivity index (χ0v) is 19.4. The van der Waals surface area contributed by atoms with E-state index in [4.69, 9.17) is 9.97 Å². The van der Waals surface area contributed by atoms with Gasteiger partial charge in [0.25, 0.3) is 0 Å². The van der Waals surface area contributed by atoms with Crippen molar-refractivity contribution in [3.05, 3.63) is 35.5 Å². The van der Waals surface area contributed by atoms with E-state index < -0.39 is 0 Å². The van der Waals surface area contributed by atoms with Gasteiger partial charge in [-0.3, -0.25) is 4.48 Å². The van der Waals surface area contributed by atoms with Crippen LogP contribution in [0.3, 0.4) is 0 Å². The molecule has 0 aliphatic carbocycles. The lowest BCUT2D eigenvalue weighted by molar-refractivity contribution is -0.00000588. The van der Waals surface area contributed by atoms with Crippen molar-refractivity contribution < 1.29 is 24.0 Å². The number of nitrogens with one attached hydrogen (secondary N) is 1. The number of fused-ring (bicyclic) bond motifs is 1. The second-order valence-electron chi connectivity index (χ2n) is 7.59. The summed E-state index contributed by atoms with van der Waals surface area (Å²) in [6, 6.07) is 8.78. The first-order valence-electron chi connectivity index (χ1n) is 9.83. The van der Waals surface area contributed by atoms with E-state index in [9.17, 15) is 0 Å². The summed E-state index contributed by atoms with van der Waals surface area (Å²) in [5, 5.41) is 3.45. The second-order valence-corrected chi connectivity index (χ2v) is 7.59. The van der Waals surface area contributed by atoms with E-state index in [-0.39, 0.29) is 24.0 Å². The van der Waals surface area contributed by atoms with Crippen molar-refractivity contribution >= 4 is 23.1 Å². The lowest BCUT2D eigenvalue weighted by atomic mass is 10.1. The van der Waals surface area contributed by atoms with Gasteiger partial charge in [0.2, 0.25) is 5.95 Å². The van der Waals surface area contributed by atoms with Gasteiger partial charge >= 0.3 is 0 Å². The predicted molar refractivity (Wildman–Crippen MR) is 112 cm³/mol. The molecule has 0 saturated carbocycles. The Morgan fingerprint density at radius 3 is 2.48 bits per heavy atom.